The number of hydrogen-bond acceptors (Lipinski definition) is 2. The smallest absolute Gasteiger partial charge is 0.131 e. The fraction of sp³-hybridized carbons (Fsp3) is 0.296. The molecule has 1 unspecified atom stereocenters. The van der Waals surface area contributed by atoms with Gasteiger partial charge in [-0.2, -0.15) is 0 Å². The van der Waals surface area contributed by atoms with Crippen LogP contribution in [-0.4, -0.2) is 13.3 Å². The third-order valence-electron chi connectivity index (χ3n) is 5.01. The number of nitrogens with zero attached hydrogens (tertiary/aromatic N) is 1. The molecule has 2 nitrogen and oxygen atoms in total. The van der Waals surface area contributed by atoms with Crippen LogP contribution in [0.3, 0.4) is 0 Å². The van der Waals surface area contributed by atoms with Crippen molar-refractivity contribution in [1.29, 1.82) is 0 Å². The molecule has 0 fully saturated rings. The molecule has 30 heavy (non-hydrogen) atoms. The minimum atomic E-state index is -0.00173. The molecule has 0 saturated carbocycles. The van der Waals surface area contributed by atoms with Gasteiger partial charge < -0.3 is 4.74 Å². The van der Waals surface area contributed by atoms with E-state index in [1.165, 1.54) is 38.4 Å². The Hall–Kier alpha value is -2.44. The molecule has 0 saturated heterocycles. The monoisotopic (exact) mass is 417 g/mol. The molecule has 3 heteroatoms. The second-order valence-corrected chi connectivity index (χ2v) is 10.1. The van der Waals surface area contributed by atoms with E-state index in [1.54, 1.807) is 0 Å². The number of aryl methyl sites for hydroxylation is 2. The number of benzene rings is 3. The van der Waals surface area contributed by atoms with Gasteiger partial charge in [-0.3, -0.25) is 4.99 Å². The Kier molecular flexibility index (Phi) is 7.10. The number of aliphatic imine (C=N–C) groups is 1. The Morgan fingerprint density at radius 3 is 2.30 bits per heavy atom. The first kappa shape index (κ1) is 22.2. The van der Waals surface area contributed by atoms with Crippen molar-refractivity contribution in [2.45, 2.75) is 46.6 Å². The highest BCUT2D eigenvalue weighted by Gasteiger charge is 2.23. The van der Waals surface area contributed by atoms with Crippen LogP contribution in [0, 0.1) is 13.8 Å². The second-order valence-electron chi connectivity index (χ2n) is 8.82. The van der Waals surface area contributed by atoms with Crippen molar-refractivity contribution in [3.05, 3.63) is 88.5 Å². The molecular formula is C27H32NOP. The van der Waals surface area contributed by atoms with Crippen LogP contribution in [-0.2, 0) is 12.0 Å². The van der Waals surface area contributed by atoms with Crippen LogP contribution in [0.4, 0.5) is 0 Å². The number of ether oxygens (including phenoxy) is 1. The van der Waals surface area contributed by atoms with E-state index in [1.807, 2.05) is 19.3 Å². The molecule has 0 aromatic heterocycles. The Labute approximate surface area is 183 Å². The van der Waals surface area contributed by atoms with Crippen LogP contribution in [0.25, 0.3) is 0 Å². The summed E-state index contributed by atoms with van der Waals surface area (Å²) < 4.78 is 6.50. The van der Waals surface area contributed by atoms with Crippen molar-refractivity contribution in [1.82, 2.24) is 0 Å². The highest BCUT2D eigenvalue weighted by atomic mass is 31.1. The van der Waals surface area contributed by atoms with Gasteiger partial charge in [-0.15, -0.1) is 0 Å². The van der Waals surface area contributed by atoms with Gasteiger partial charge in [0, 0.05) is 29.7 Å². The topological polar surface area (TPSA) is 21.6 Å². The van der Waals surface area contributed by atoms with Crippen molar-refractivity contribution in [2.75, 3.05) is 7.05 Å². The first-order valence-corrected chi connectivity index (χ1v) is 11.4. The lowest BCUT2D eigenvalue weighted by molar-refractivity contribution is 0.300. The van der Waals surface area contributed by atoms with Crippen molar-refractivity contribution < 1.29 is 4.74 Å². The lowest BCUT2D eigenvalue weighted by Crippen LogP contribution is -2.20. The normalized spacial score (nSPS) is 12.2. The standard InChI is InChI=1S/C27H32NOP/c1-19-12-13-24(22(14-19)17-28-6)30-25-16-20(2)15-23(27(3,4)5)26(25)29-18-21-10-8-7-9-11-21/h7-17,30H,18H2,1-6H3. The van der Waals surface area contributed by atoms with E-state index >= 15 is 0 Å². The van der Waals surface area contributed by atoms with E-state index in [-0.39, 0.29) is 5.41 Å². The van der Waals surface area contributed by atoms with Crippen LogP contribution in [0.15, 0.2) is 65.7 Å². The largest absolute Gasteiger partial charge is 0.488 e. The molecule has 156 valence electrons. The average Bonchev–Trinajstić information content (AvgIpc) is 2.69. The molecule has 0 radical (unpaired) electrons. The summed E-state index contributed by atoms with van der Waals surface area (Å²) in [4.78, 5) is 4.27. The molecule has 0 amide bonds. The first-order chi connectivity index (χ1) is 14.3. The summed E-state index contributed by atoms with van der Waals surface area (Å²) >= 11 is 0. The average molecular weight is 418 g/mol. The van der Waals surface area contributed by atoms with E-state index < -0.39 is 0 Å². The summed E-state index contributed by atoms with van der Waals surface area (Å²) in [5.74, 6) is 1.02. The van der Waals surface area contributed by atoms with E-state index in [0.29, 0.717) is 15.2 Å². The van der Waals surface area contributed by atoms with Gasteiger partial charge in [0.2, 0.25) is 0 Å². The van der Waals surface area contributed by atoms with E-state index in [2.05, 4.69) is 94.2 Å². The maximum atomic E-state index is 6.50. The SMILES string of the molecule is CN=Cc1cc(C)ccc1Pc1cc(C)cc(C(C)(C)C)c1OCc1ccccc1. The van der Waals surface area contributed by atoms with Gasteiger partial charge in [-0.05, 0) is 47.8 Å². The molecule has 0 bridgehead atoms. The van der Waals surface area contributed by atoms with Crippen LogP contribution in [0.5, 0.6) is 5.75 Å². The minimum absolute atomic E-state index is 0.00173. The Morgan fingerprint density at radius 2 is 1.63 bits per heavy atom. The summed E-state index contributed by atoms with van der Waals surface area (Å²) in [5, 5.41) is 2.55. The van der Waals surface area contributed by atoms with Gasteiger partial charge in [0.15, 0.2) is 0 Å². The predicted octanol–water partition coefficient (Wildman–Crippen LogP) is 5.86. The Balaban J connectivity index is 2.06. The van der Waals surface area contributed by atoms with Crippen molar-refractivity contribution in [3.8, 4) is 5.75 Å². The molecule has 0 aliphatic heterocycles. The van der Waals surface area contributed by atoms with Crippen LogP contribution < -0.4 is 15.3 Å². The van der Waals surface area contributed by atoms with Gasteiger partial charge in [0.1, 0.15) is 12.4 Å². The summed E-state index contributed by atoms with van der Waals surface area (Å²) in [7, 11) is 2.33. The van der Waals surface area contributed by atoms with Gasteiger partial charge in [-0.1, -0.05) is 83.4 Å². The summed E-state index contributed by atoms with van der Waals surface area (Å²) in [5.41, 5.74) is 6.15. The molecule has 0 spiro atoms. The predicted molar refractivity (Wildman–Crippen MR) is 133 cm³/mol. The fourth-order valence-corrected chi connectivity index (χ4v) is 4.85. The van der Waals surface area contributed by atoms with Crippen molar-refractivity contribution >= 4 is 25.4 Å². The highest BCUT2D eigenvalue weighted by molar-refractivity contribution is 7.56. The van der Waals surface area contributed by atoms with E-state index in [0.717, 1.165) is 5.75 Å². The maximum Gasteiger partial charge on any atom is 0.131 e. The minimum Gasteiger partial charge on any atom is -0.488 e. The Morgan fingerprint density at radius 1 is 0.900 bits per heavy atom. The molecule has 0 aliphatic rings. The summed E-state index contributed by atoms with van der Waals surface area (Å²) in [6.07, 6.45) is 1.96. The lowest BCUT2D eigenvalue weighted by Gasteiger charge is -2.26. The molecule has 3 aromatic carbocycles. The van der Waals surface area contributed by atoms with Crippen LogP contribution >= 0.6 is 8.58 Å². The van der Waals surface area contributed by atoms with Crippen molar-refractivity contribution in [3.63, 3.8) is 0 Å². The maximum absolute atomic E-state index is 6.50. The number of hydrogen-bond donors (Lipinski definition) is 0. The zero-order chi connectivity index (χ0) is 21.7. The van der Waals surface area contributed by atoms with Gasteiger partial charge in [-0.25, -0.2) is 0 Å². The third kappa shape index (κ3) is 5.58. The Bertz CT molecular complexity index is 1030. The number of rotatable bonds is 6. The summed E-state index contributed by atoms with van der Waals surface area (Å²) in [6.45, 7) is 11.6. The zero-order valence-corrected chi connectivity index (χ0v) is 19.9. The molecular weight excluding hydrogens is 385 g/mol. The summed E-state index contributed by atoms with van der Waals surface area (Å²) in [6, 6.07) is 21.6. The fourth-order valence-electron chi connectivity index (χ4n) is 3.50. The highest BCUT2D eigenvalue weighted by Crippen LogP contribution is 2.35. The lowest BCUT2D eigenvalue weighted by atomic mass is 9.85. The molecule has 0 N–H and O–H groups in total. The van der Waals surface area contributed by atoms with Crippen LogP contribution in [0.1, 0.15) is 48.6 Å². The first-order valence-electron chi connectivity index (χ1n) is 10.4. The molecule has 3 aromatic rings. The zero-order valence-electron chi connectivity index (χ0n) is 18.9. The van der Waals surface area contributed by atoms with Gasteiger partial charge >= 0.3 is 0 Å². The molecule has 0 heterocycles. The van der Waals surface area contributed by atoms with E-state index in [9.17, 15) is 0 Å². The second kappa shape index (κ2) is 9.58. The van der Waals surface area contributed by atoms with Gasteiger partial charge in [0.05, 0.1) is 0 Å². The molecule has 3 rings (SSSR count). The molecule has 0 aliphatic carbocycles. The van der Waals surface area contributed by atoms with E-state index in [4.69, 9.17) is 4.74 Å². The van der Waals surface area contributed by atoms with Crippen molar-refractivity contribution in [2.24, 2.45) is 4.99 Å². The quantitative estimate of drug-likeness (QED) is 0.364. The van der Waals surface area contributed by atoms with Crippen LogP contribution in [0.2, 0.25) is 0 Å². The third-order valence-corrected chi connectivity index (χ3v) is 6.38. The molecule has 1 atom stereocenters. The van der Waals surface area contributed by atoms with Gasteiger partial charge in [0.25, 0.3) is 0 Å².